The van der Waals surface area contributed by atoms with Crippen molar-refractivity contribution < 1.29 is 18.7 Å². The topological polar surface area (TPSA) is 66.9 Å². The average molecular weight is 471 g/mol. The fourth-order valence-corrected chi connectivity index (χ4v) is 5.53. The number of pyridine rings is 1. The number of halogens is 1. The number of ether oxygens (including phenoxy) is 2. The van der Waals surface area contributed by atoms with Crippen molar-refractivity contribution in [3.05, 3.63) is 30.0 Å². The molecule has 1 aromatic heterocycles. The van der Waals surface area contributed by atoms with Gasteiger partial charge in [-0.25, -0.2) is 9.37 Å². The highest BCUT2D eigenvalue weighted by Gasteiger charge is 2.46. The summed E-state index contributed by atoms with van der Waals surface area (Å²) in [6.45, 7) is 12.5. The standard InChI is InChI=1S/C26H35FN4O3/c1-17-9-19-13-28-23(29-24(32)20-12-25(2,3)34-14-20)11-18(19)10-21(17)30-5-7-31(8-6-30)26(4)16-33-15-22(26)27/h9-11,13,20,22H,5-8,12,14-16H2,1-4H3,(H,28,29,32)/t20-,22+,26-/m1/s1. The molecule has 0 saturated carbocycles. The second-order valence-corrected chi connectivity index (χ2v) is 10.8. The third kappa shape index (κ3) is 4.39. The lowest BCUT2D eigenvalue weighted by Crippen LogP contribution is -2.59. The predicted molar refractivity (Wildman–Crippen MR) is 131 cm³/mol. The summed E-state index contributed by atoms with van der Waals surface area (Å²) in [7, 11) is 0. The summed E-state index contributed by atoms with van der Waals surface area (Å²) in [6.07, 6.45) is 1.58. The second-order valence-electron chi connectivity index (χ2n) is 10.8. The number of hydrogen-bond donors (Lipinski definition) is 1. The van der Waals surface area contributed by atoms with Gasteiger partial charge in [-0.3, -0.25) is 9.69 Å². The fourth-order valence-electron chi connectivity index (χ4n) is 5.53. The lowest BCUT2D eigenvalue weighted by Gasteiger charge is -2.45. The molecule has 3 aliphatic heterocycles. The van der Waals surface area contributed by atoms with Gasteiger partial charge in [-0.05, 0) is 63.3 Å². The van der Waals surface area contributed by atoms with Crippen molar-refractivity contribution in [2.24, 2.45) is 5.92 Å². The number of piperazine rings is 1. The van der Waals surface area contributed by atoms with Crippen LogP contribution in [0, 0.1) is 12.8 Å². The Kier molecular flexibility index (Phi) is 6.02. The van der Waals surface area contributed by atoms with Crippen molar-refractivity contribution in [1.29, 1.82) is 0 Å². The summed E-state index contributed by atoms with van der Waals surface area (Å²) >= 11 is 0. The maximum Gasteiger partial charge on any atom is 0.231 e. The van der Waals surface area contributed by atoms with Gasteiger partial charge in [0.25, 0.3) is 0 Å². The van der Waals surface area contributed by atoms with Gasteiger partial charge in [0.2, 0.25) is 5.91 Å². The Balaban J connectivity index is 1.30. The average Bonchev–Trinajstić information content (AvgIpc) is 3.35. The van der Waals surface area contributed by atoms with Gasteiger partial charge in [-0.2, -0.15) is 0 Å². The molecule has 3 saturated heterocycles. The number of benzene rings is 1. The Labute approximate surface area is 200 Å². The molecule has 7 nitrogen and oxygen atoms in total. The molecule has 184 valence electrons. The minimum atomic E-state index is -0.940. The second kappa shape index (κ2) is 8.73. The van der Waals surface area contributed by atoms with Crippen LogP contribution in [0.4, 0.5) is 15.9 Å². The molecule has 1 aromatic carbocycles. The molecule has 34 heavy (non-hydrogen) atoms. The molecular weight excluding hydrogens is 435 g/mol. The number of hydrogen-bond acceptors (Lipinski definition) is 6. The van der Waals surface area contributed by atoms with Crippen LogP contribution >= 0.6 is 0 Å². The summed E-state index contributed by atoms with van der Waals surface area (Å²) in [6, 6.07) is 6.27. The summed E-state index contributed by atoms with van der Waals surface area (Å²) in [5.74, 6) is 0.356. The van der Waals surface area contributed by atoms with Crippen molar-refractivity contribution in [2.75, 3.05) is 56.2 Å². The number of carbonyl (C=O) groups is 1. The first-order valence-corrected chi connectivity index (χ1v) is 12.2. The van der Waals surface area contributed by atoms with Crippen molar-refractivity contribution in [3.63, 3.8) is 0 Å². The van der Waals surface area contributed by atoms with Crippen LogP contribution in [-0.4, -0.2) is 79.1 Å². The molecule has 5 rings (SSSR count). The van der Waals surface area contributed by atoms with E-state index in [9.17, 15) is 9.18 Å². The van der Waals surface area contributed by atoms with Crippen LogP contribution in [0.5, 0.6) is 0 Å². The minimum absolute atomic E-state index is 0.0450. The van der Waals surface area contributed by atoms with E-state index in [1.807, 2.05) is 33.0 Å². The number of anilines is 2. The smallest absolute Gasteiger partial charge is 0.231 e. The number of carbonyl (C=O) groups excluding carboxylic acids is 1. The van der Waals surface area contributed by atoms with E-state index in [1.54, 1.807) is 0 Å². The quantitative estimate of drug-likeness (QED) is 0.737. The number of aromatic nitrogens is 1. The molecule has 0 spiro atoms. The Hall–Kier alpha value is -2.29. The van der Waals surface area contributed by atoms with Crippen LogP contribution in [0.25, 0.3) is 10.8 Å². The Morgan fingerprint density at radius 1 is 1.12 bits per heavy atom. The van der Waals surface area contributed by atoms with Crippen LogP contribution in [0.3, 0.4) is 0 Å². The molecule has 0 unspecified atom stereocenters. The van der Waals surface area contributed by atoms with Crippen LogP contribution < -0.4 is 10.2 Å². The van der Waals surface area contributed by atoms with Gasteiger partial charge in [0.15, 0.2) is 0 Å². The van der Waals surface area contributed by atoms with Crippen LogP contribution in [-0.2, 0) is 14.3 Å². The van der Waals surface area contributed by atoms with Crippen molar-refractivity contribution >= 4 is 28.2 Å². The molecule has 0 aliphatic carbocycles. The van der Waals surface area contributed by atoms with E-state index in [4.69, 9.17) is 9.47 Å². The highest BCUT2D eigenvalue weighted by atomic mass is 19.1. The molecule has 1 amide bonds. The van der Waals surface area contributed by atoms with Gasteiger partial charge in [-0.15, -0.1) is 0 Å². The van der Waals surface area contributed by atoms with Gasteiger partial charge in [0, 0.05) is 43.4 Å². The molecule has 1 N–H and O–H groups in total. The zero-order chi connectivity index (χ0) is 24.1. The van der Waals surface area contributed by atoms with E-state index in [2.05, 4.69) is 39.2 Å². The van der Waals surface area contributed by atoms with Crippen molar-refractivity contribution in [2.45, 2.75) is 51.4 Å². The summed E-state index contributed by atoms with van der Waals surface area (Å²) in [4.78, 5) is 21.8. The highest BCUT2D eigenvalue weighted by Crippen LogP contribution is 2.33. The SMILES string of the molecule is Cc1cc2cnc(NC(=O)[C@H]3COC(C)(C)C3)cc2cc1N1CCN([C@]2(C)COC[C@@H]2F)CC1. The zero-order valence-electron chi connectivity index (χ0n) is 20.6. The number of amides is 1. The number of fused-ring (bicyclic) bond motifs is 1. The Bertz CT molecular complexity index is 1090. The molecular formula is C26H35FN4O3. The predicted octanol–water partition coefficient (Wildman–Crippen LogP) is 3.55. The first-order chi connectivity index (χ1) is 16.1. The fraction of sp³-hybridized carbons (Fsp3) is 0.615. The van der Waals surface area contributed by atoms with Crippen LogP contribution in [0.2, 0.25) is 0 Å². The normalized spacial score (nSPS) is 29.6. The molecule has 2 aromatic rings. The lowest BCUT2D eigenvalue weighted by molar-refractivity contribution is -0.119. The zero-order valence-corrected chi connectivity index (χ0v) is 20.6. The summed E-state index contributed by atoms with van der Waals surface area (Å²) in [5, 5.41) is 5.05. The third-order valence-electron chi connectivity index (χ3n) is 7.75. The number of nitrogens with one attached hydrogen (secondary N) is 1. The van der Waals surface area contributed by atoms with Crippen LogP contribution in [0.15, 0.2) is 24.4 Å². The van der Waals surface area contributed by atoms with Gasteiger partial charge in [-0.1, -0.05) is 0 Å². The number of rotatable bonds is 4. The van der Waals surface area contributed by atoms with E-state index in [-0.39, 0.29) is 24.0 Å². The molecule has 0 bridgehead atoms. The van der Waals surface area contributed by atoms with E-state index >= 15 is 0 Å². The number of alkyl halides is 1. The van der Waals surface area contributed by atoms with E-state index < -0.39 is 11.7 Å². The Morgan fingerprint density at radius 3 is 2.53 bits per heavy atom. The minimum Gasteiger partial charge on any atom is -0.376 e. The first-order valence-electron chi connectivity index (χ1n) is 12.2. The molecule has 4 heterocycles. The highest BCUT2D eigenvalue weighted by molar-refractivity contribution is 5.95. The summed E-state index contributed by atoms with van der Waals surface area (Å²) in [5.41, 5.74) is 1.57. The van der Waals surface area contributed by atoms with Crippen LogP contribution in [0.1, 0.15) is 32.8 Å². The maximum atomic E-state index is 14.5. The third-order valence-corrected chi connectivity index (χ3v) is 7.75. The largest absolute Gasteiger partial charge is 0.376 e. The number of aryl methyl sites for hydroxylation is 1. The molecule has 8 heteroatoms. The van der Waals surface area contributed by atoms with E-state index in [0.717, 1.165) is 37.0 Å². The van der Waals surface area contributed by atoms with E-state index in [1.165, 1.54) is 11.3 Å². The first kappa shape index (κ1) is 23.5. The maximum absolute atomic E-state index is 14.5. The molecule has 3 atom stereocenters. The van der Waals surface area contributed by atoms with Gasteiger partial charge < -0.3 is 19.7 Å². The van der Waals surface area contributed by atoms with E-state index in [0.29, 0.717) is 25.5 Å². The van der Waals surface area contributed by atoms with Crippen molar-refractivity contribution in [3.8, 4) is 0 Å². The monoisotopic (exact) mass is 470 g/mol. The van der Waals surface area contributed by atoms with Gasteiger partial charge in [0.1, 0.15) is 12.0 Å². The molecule has 3 fully saturated rings. The molecule has 0 radical (unpaired) electrons. The van der Waals surface area contributed by atoms with Gasteiger partial charge in [0.05, 0.1) is 36.9 Å². The summed E-state index contributed by atoms with van der Waals surface area (Å²) < 4.78 is 25.6. The molecule has 3 aliphatic rings. The number of nitrogens with zero attached hydrogens (tertiary/aromatic N) is 3. The Morgan fingerprint density at radius 2 is 1.88 bits per heavy atom. The van der Waals surface area contributed by atoms with Crippen molar-refractivity contribution in [1.82, 2.24) is 9.88 Å². The van der Waals surface area contributed by atoms with Gasteiger partial charge >= 0.3 is 0 Å². The lowest BCUT2D eigenvalue weighted by atomic mass is 9.96.